The van der Waals surface area contributed by atoms with Crippen LogP contribution in [0.15, 0.2) is 23.1 Å². The highest BCUT2D eigenvalue weighted by Crippen LogP contribution is 2.33. The molecule has 2 aromatic rings. The molecule has 0 aliphatic carbocycles. The van der Waals surface area contributed by atoms with Gasteiger partial charge >= 0.3 is 0 Å². The number of benzene rings is 1. The summed E-state index contributed by atoms with van der Waals surface area (Å²) in [6, 6.07) is 5.07. The summed E-state index contributed by atoms with van der Waals surface area (Å²) in [7, 11) is 0. The fourth-order valence-corrected chi connectivity index (χ4v) is 4.28. The second kappa shape index (κ2) is 7.57. The molecule has 1 aromatic carbocycles. The van der Waals surface area contributed by atoms with E-state index in [1.807, 2.05) is 13.8 Å². The van der Waals surface area contributed by atoms with E-state index in [0.29, 0.717) is 20.6 Å². The first-order chi connectivity index (χ1) is 10.8. The largest absolute Gasteiger partial charge is 0.365 e. The van der Waals surface area contributed by atoms with Crippen LogP contribution < -0.4 is 11.1 Å². The molecule has 1 heterocycles. The number of carbonyl (C=O) groups excluding carboxylic acids is 2. The van der Waals surface area contributed by atoms with Crippen LogP contribution in [-0.2, 0) is 4.79 Å². The van der Waals surface area contributed by atoms with Crippen molar-refractivity contribution in [3.8, 4) is 0 Å². The third-order valence-electron chi connectivity index (χ3n) is 3.14. The molecule has 0 bridgehead atoms. The van der Waals surface area contributed by atoms with Crippen molar-refractivity contribution in [2.75, 3.05) is 11.1 Å². The van der Waals surface area contributed by atoms with E-state index in [4.69, 9.17) is 28.9 Å². The molecule has 0 unspecified atom stereocenters. The number of halogens is 2. The first kappa shape index (κ1) is 18.1. The highest BCUT2D eigenvalue weighted by atomic mass is 35.5. The van der Waals surface area contributed by atoms with E-state index in [9.17, 15) is 9.59 Å². The van der Waals surface area contributed by atoms with Gasteiger partial charge in [-0.15, -0.1) is 23.1 Å². The Morgan fingerprint density at radius 2 is 2.00 bits per heavy atom. The van der Waals surface area contributed by atoms with E-state index in [2.05, 4.69) is 5.32 Å². The Morgan fingerprint density at radius 1 is 1.30 bits per heavy atom. The lowest BCUT2D eigenvalue weighted by molar-refractivity contribution is -0.113. The third kappa shape index (κ3) is 4.41. The van der Waals surface area contributed by atoms with Crippen LogP contribution in [0, 0.1) is 13.8 Å². The van der Waals surface area contributed by atoms with Crippen molar-refractivity contribution in [3.63, 3.8) is 0 Å². The molecule has 8 heteroatoms. The molecule has 2 rings (SSSR count). The quantitative estimate of drug-likeness (QED) is 0.740. The van der Waals surface area contributed by atoms with E-state index in [0.717, 1.165) is 15.3 Å². The zero-order valence-electron chi connectivity index (χ0n) is 12.4. The van der Waals surface area contributed by atoms with Crippen LogP contribution in [0.3, 0.4) is 0 Å². The summed E-state index contributed by atoms with van der Waals surface area (Å²) < 4.78 is 0. The number of nitrogens with one attached hydrogen (secondary N) is 1. The molecule has 0 fully saturated rings. The van der Waals surface area contributed by atoms with Crippen molar-refractivity contribution in [2.45, 2.75) is 18.7 Å². The molecule has 0 radical (unpaired) electrons. The van der Waals surface area contributed by atoms with Crippen LogP contribution in [0.25, 0.3) is 0 Å². The van der Waals surface area contributed by atoms with Crippen LogP contribution in [-0.4, -0.2) is 17.6 Å². The fraction of sp³-hybridized carbons (Fsp3) is 0.200. The van der Waals surface area contributed by atoms with E-state index < -0.39 is 5.91 Å². The van der Waals surface area contributed by atoms with Gasteiger partial charge in [0.2, 0.25) is 5.91 Å². The SMILES string of the molecule is Cc1sc(NC(=O)CSc2cc(Cl)ccc2Cl)c(C(N)=O)c1C. The average Bonchev–Trinajstić information content (AvgIpc) is 2.74. The maximum atomic E-state index is 12.1. The van der Waals surface area contributed by atoms with Gasteiger partial charge in [0.05, 0.1) is 16.3 Å². The minimum Gasteiger partial charge on any atom is -0.365 e. The van der Waals surface area contributed by atoms with Gasteiger partial charge in [0.15, 0.2) is 0 Å². The predicted molar refractivity (Wildman–Crippen MR) is 98.1 cm³/mol. The van der Waals surface area contributed by atoms with Gasteiger partial charge in [0.25, 0.3) is 5.91 Å². The van der Waals surface area contributed by atoms with E-state index >= 15 is 0 Å². The number of amides is 2. The van der Waals surface area contributed by atoms with E-state index in [-0.39, 0.29) is 11.7 Å². The van der Waals surface area contributed by atoms with Crippen molar-refractivity contribution >= 4 is 63.1 Å². The lowest BCUT2D eigenvalue weighted by Crippen LogP contribution is -2.18. The molecule has 0 spiro atoms. The Hall–Kier alpha value is -1.21. The van der Waals surface area contributed by atoms with Gasteiger partial charge in [-0.3, -0.25) is 9.59 Å². The van der Waals surface area contributed by atoms with Crippen molar-refractivity contribution in [3.05, 3.63) is 44.2 Å². The zero-order valence-corrected chi connectivity index (χ0v) is 15.6. The van der Waals surface area contributed by atoms with Gasteiger partial charge in [0, 0.05) is 14.8 Å². The van der Waals surface area contributed by atoms with Gasteiger partial charge in [-0.25, -0.2) is 0 Å². The van der Waals surface area contributed by atoms with E-state index in [1.165, 1.54) is 23.1 Å². The van der Waals surface area contributed by atoms with Crippen molar-refractivity contribution in [1.29, 1.82) is 0 Å². The number of hydrogen-bond donors (Lipinski definition) is 2. The topological polar surface area (TPSA) is 72.2 Å². The number of carbonyl (C=O) groups is 2. The van der Waals surface area contributed by atoms with E-state index in [1.54, 1.807) is 18.2 Å². The first-order valence-corrected chi connectivity index (χ1v) is 9.13. The van der Waals surface area contributed by atoms with Gasteiger partial charge in [-0.05, 0) is 37.6 Å². The number of nitrogens with two attached hydrogens (primary N) is 1. The fourth-order valence-electron chi connectivity index (χ4n) is 1.91. The standard InChI is InChI=1S/C15H14Cl2N2O2S2/c1-7-8(2)23-15(13(7)14(18)21)19-12(20)6-22-11-5-9(16)3-4-10(11)17/h3-5H,6H2,1-2H3,(H2,18,21)(H,19,20). The number of thiophene rings is 1. The summed E-state index contributed by atoms with van der Waals surface area (Å²) in [5.41, 5.74) is 6.55. The minimum atomic E-state index is -0.548. The Kier molecular flexibility index (Phi) is 5.97. The molecule has 1 aromatic heterocycles. The minimum absolute atomic E-state index is 0.147. The first-order valence-electron chi connectivity index (χ1n) is 6.57. The summed E-state index contributed by atoms with van der Waals surface area (Å²) in [5, 5.41) is 4.31. The molecule has 0 saturated carbocycles. The lowest BCUT2D eigenvalue weighted by atomic mass is 10.1. The number of aryl methyl sites for hydroxylation is 1. The molecule has 4 nitrogen and oxygen atoms in total. The Bertz CT molecular complexity index is 775. The third-order valence-corrected chi connectivity index (χ3v) is 5.99. The molecular formula is C15H14Cl2N2O2S2. The molecule has 0 aliphatic rings. The van der Waals surface area contributed by atoms with Crippen LogP contribution >= 0.6 is 46.3 Å². The molecule has 23 heavy (non-hydrogen) atoms. The Labute approximate surface area is 152 Å². The summed E-state index contributed by atoms with van der Waals surface area (Å²) in [6.45, 7) is 3.69. The molecule has 3 N–H and O–H groups in total. The Morgan fingerprint density at radius 3 is 2.65 bits per heavy atom. The van der Waals surface area contributed by atoms with Gasteiger partial charge in [-0.1, -0.05) is 23.2 Å². The number of primary amides is 1. The number of thioether (sulfide) groups is 1. The Balaban J connectivity index is 2.07. The van der Waals surface area contributed by atoms with Crippen molar-refractivity contribution in [1.82, 2.24) is 0 Å². The second-order valence-corrected chi connectivity index (χ2v) is 7.85. The van der Waals surface area contributed by atoms with Crippen molar-refractivity contribution in [2.24, 2.45) is 5.73 Å². The van der Waals surface area contributed by atoms with Gasteiger partial charge < -0.3 is 11.1 Å². The van der Waals surface area contributed by atoms with Crippen molar-refractivity contribution < 1.29 is 9.59 Å². The molecule has 0 atom stereocenters. The number of rotatable bonds is 5. The smallest absolute Gasteiger partial charge is 0.251 e. The normalized spacial score (nSPS) is 10.6. The maximum absolute atomic E-state index is 12.1. The summed E-state index contributed by atoms with van der Waals surface area (Å²) >= 11 is 14.6. The molecule has 122 valence electrons. The van der Waals surface area contributed by atoms with Gasteiger partial charge in [0.1, 0.15) is 5.00 Å². The molecule has 0 saturated heterocycles. The van der Waals surface area contributed by atoms with Gasteiger partial charge in [-0.2, -0.15) is 0 Å². The second-order valence-electron chi connectivity index (χ2n) is 4.76. The van der Waals surface area contributed by atoms with Crippen LogP contribution in [0.5, 0.6) is 0 Å². The number of anilines is 1. The van der Waals surface area contributed by atoms with Crippen LogP contribution in [0.2, 0.25) is 10.0 Å². The summed E-state index contributed by atoms with van der Waals surface area (Å²) in [6.07, 6.45) is 0. The predicted octanol–water partition coefficient (Wildman–Crippen LogP) is 4.50. The highest BCUT2D eigenvalue weighted by Gasteiger charge is 2.19. The summed E-state index contributed by atoms with van der Waals surface area (Å²) in [4.78, 5) is 25.3. The average molecular weight is 389 g/mol. The molecule has 2 amide bonds. The van der Waals surface area contributed by atoms with Crippen LogP contribution in [0.4, 0.5) is 5.00 Å². The van der Waals surface area contributed by atoms with Crippen LogP contribution in [0.1, 0.15) is 20.8 Å². The summed E-state index contributed by atoms with van der Waals surface area (Å²) in [5.74, 6) is -0.642. The molecular weight excluding hydrogens is 375 g/mol. The highest BCUT2D eigenvalue weighted by molar-refractivity contribution is 8.00. The number of hydrogen-bond acceptors (Lipinski definition) is 4. The maximum Gasteiger partial charge on any atom is 0.251 e. The monoisotopic (exact) mass is 388 g/mol. The zero-order chi connectivity index (χ0) is 17.1. The lowest BCUT2D eigenvalue weighted by Gasteiger charge is -2.06. The molecule has 0 aliphatic heterocycles.